The minimum Gasteiger partial charge on any atom is -0.482 e. The first-order valence-electron chi connectivity index (χ1n) is 10.5. The molecule has 2 aromatic carbocycles. The first-order valence-corrected chi connectivity index (χ1v) is 12.1. The van der Waals surface area contributed by atoms with E-state index in [1.165, 1.54) is 12.1 Å². The molecule has 1 atom stereocenters. The van der Waals surface area contributed by atoms with Crippen LogP contribution in [0.25, 0.3) is 10.2 Å². The monoisotopic (exact) mass is 532 g/mol. The number of carboxylic acid groups (broad SMARTS) is 1. The Labute approximate surface area is 215 Å². The normalized spacial score (nSPS) is 12.2. The predicted molar refractivity (Wildman–Crippen MR) is 138 cm³/mol. The molecule has 4 rings (SSSR count). The lowest BCUT2D eigenvalue weighted by atomic mass is 10.1. The van der Waals surface area contributed by atoms with Gasteiger partial charge in [0.05, 0.1) is 20.3 Å². The number of carbonyl (C=O) groups excluding carboxylic acids is 1. The van der Waals surface area contributed by atoms with Gasteiger partial charge in [0, 0.05) is 12.2 Å². The second kappa shape index (κ2) is 10.2. The highest BCUT2D eigenvalue weighted by Crippen LogP contribution is 2.37. The van der Waals surface area contributed by atoms with E-state index in [1.54, 1.807) is 6.92 Å². The van der Waals surface area contributed by atoms with Crippen molar-refractivity contribution in [3.8, 4) is 5.75 Å². The Morgan fingerprint density at radius 3 is 2.51 bits per heavy atom. The van der Waals surface area contributed by atoms with Crippen molar-refractivity contribution in [2.24, 2.45) is 0 Å². The summed E-state index contributed by atoms with van der Waals surface area (Å²) >= 11 is 13.4. The first kappa shape index (κ1) is 25.0. The number of nitrogens with one attached hydrogen (secondary N) is 2. The van der Waals surface area contributed by atoms with Crippen LogP contribution in [0.2, 0.25) is 10.0 Å². The number of carbonyl (C=O) groups is 2. The van der Waals surface area contributed by atoms with Crippen LogP contribution in [0.4, 0.5) is 5.13 Å². The molecule has 0 fully saturated rings. The van der Waals surface area contributed by atoms with Crippen LogP contribution in [0.5, 0.6) is 5.75 Å². The fourth-order valence-corrected chi connectivity index (χ4v) is 4.85. The van der Waals surface area contributed by atoms with E-state index in [4.69, 9.17) is 27.9 Å². The number of likely N-dealkylation sites (N-methyl/N-ethyl adjacent to an activating group) is 1. The molecule has 0 aliphatic heterocycles. The van der Waals surface area contributed by atoms with Gasteiger partial charge in [-0.3, -0.25) is 10.1 Å². The fourth-order valence-electron chi connectivity index (χ4n) is 3.52. The van der Waals surface area contributed by atoms with Gasteiger partial charge < -0.3 is 19.7 Å². The second-order valence-corrected chi connectivity index (χ2v) is 9.92. The van der Waals surface area contributed by atoms with Crippen LogP contribution < -0.4 is 10.1 Å². The summed E-state index contributed by atoms with van der Waals surface area (Å²) in [6.07, 6.45) is -0.374. The molecule has 35 heavy (non-hydrogen) atoms. The Morgan fingerprint density at radius 1 is 1.20 bits per heavy atom. The van der Waals surface area contributed by atoms with Gasteiger partial charge in [0.25, 0.3) is 5.91 Å². The number of thiazole rings is 1. The number of aromatic nitrogens is 2. The molecule has 4 aromatic rings. The van der Waals surface area contributed by atoms with Crippen LogP contribution >= 0.6 is 34.5 Å². The third kappa shape index (κ3) is 5.43. The summed E-state index contributed by atoms with van der Waals surface area (Å²) in [6, 6.07) is 12.6. The summed E-state index contributed by atoms with van der Waals surface area (Å²) in [5.74, 6) is -1.30. The highest BCUT2D eigenvalue weighted by atomic mass is 35.5. The maximum Gasteiger partial charge on any atom is 0.335 e. The van der Waals surface area contributed by atoms with Crippen molar-refractivity contribution in [2.45, 2.75) is 13.0 Å². The molecule has 0 bridgehead atoms. The van der Waals surface area contributed by atoms with Gasteiger partial charge in [-0.05, 0) is 38.7 Å². The molecule has 0 saturated heterocycles. The number of fused-ring (bicyclic) bond motifs is 1. The van der Waals surface area contributed by atoms with E-state index >= 15 is 0 Å². The second-order valence-electron chi connectivity index (χ2n) is 8.13. The number of rotatable bonds is 8. The Bertz CT molecular complexity index is 1400. The molecule has 1 amide bonds. The summed E-state index contributed by atoms with van der Waals surface area (Å²) in [4.78, 5) is 33.9. The maximum atomic E-state index is 12.8. The molecule has 0 aliphatic rings. The zero-order chi connectivity index (χ0) is 25.3. The summed E-state index contributed by atoms with van der Waals surface area (Å²) in [5, 5.41) is 13.0. The molecule has 0 radical (unpaired) electrons. The number of aromatic carboxylic acids is 1. The third-order valence-corrected chi connectivity index (χ3v) is 7.04. The van der Waals surface area contributed by atoms with Crippen molar-refractivity contribution in [3.63, 3.8) is 0 Å². The van der Waals surface area contributed by atoms with Gasteiger partial charge in [0.15, 0.2) is 5.13 Å². The highest BCUT2D eigenvalue weighted by Gasteiger charge is 2.22. The Hall–Kier alpha value is -3.11. The maximum absolute atomic E-state index is 12.8. The number of nitrogens with zero attached hydrogens (tertiary/aromatic N) is 2. The lowest BCUT2D eigenvalue weighted by Gasteiger charge is -2.23. The standard InChI is InChI=1S/C24H22Cl2N4O4S/c1-12-18(25)19(26)21(27-12)22(31)29-24-28-20-15(9-14(23(32)33)10-17(20)35-24)34-16(11-30(2)3)13-7-5-4-6-8-13/h4-10,16,27H,11H2,1-3H3,(H,32,33)(H,28,29,31). The summed E-state index contributed by atoms with van der Waals surface area (Å²) < 4.78 is 6.89. The van der Waals surface area contributed by atoms with Gasteiger partial charge in [-0.2, -0.15) is 0 Å². The average Bonchev–Trinajstić information content (AvgIpc) is 3.34. The van der Waals surface area contributed by atoms with E-state index in [0.717, 1.165) is 16.9 Å². The highest BCUT2D eigenvalue weighted by molar-refractivity contribution is 7.22. The van der Waals surface area contributed by atoms with Crippen LogP contribution in [0.15, 0.2) is 42.5 Å². The molecule has 11 heteroatoms. The van der Waals surface area contributed by atoms with Crippen molar-refractivity contribution < 1.29 is 19.4 Å². The average molecular weight is 533 g/mol. The summed E-state index contributed by atoms with van der Waals surface area (Å²) in [5.41, 5.74) is 2.13. The zero-order valence-corrected chi connectivity index (χ0v) is 21.4. The van der Waals surface area contributed by atoms with Crippen LogP contribution in [0.3, 0.4) is 0 Å². The number of halogens is 2. The number of aromatic amines is 1. The van der Waals surface area contributed by atoms with Crippen LogP contribution in [-0.2, 0) is 0 Å². The number of carboxylic acids is 1. The predicted octanol–water partition coefficient (Wildman–Crippen LogP) is 5.87. The largest absolute Gasteiger partial charge is 0.482 e. The van der Waals surface area contributed by atoms with E-state index in [-0.39, 0.29) is 32.5 Å². The minimum atomic E-state index is -1.09. The number of benzene rings is 2. The van der Waals surface area contributed by atoms with Gasteiger partial charge in [-0.15, -0.1) is 0 Å². The molecule has 0 spiro atoms. The molecule has 8 nitrogen and oxygen atoms in total. The van der Waals surface area contributed by atoms with E-state index in [0.29, 0.717) is 28.2 Å². The summed E-state index contributed by atoms with van der Waals surface area (Å²) in [6.45, 7) is 2.26. The molecule has 3 N–H and O–H groups in total. The minimum absolute atomic E-state index is 0.0560. The van der Waals surface area contributed by atoms with Crippen LogP contribution in [-0.4, -0.2) is 52.5 Å². The van der Waals surface area contributed by atoms with Crippen molar-refractivity contribution in [1.29, 1.82) is 0 Å². The van der Waals surface area contributed by atoms with Crippen molar-refractivity contribution in [2.75, 3.05) is 26.0 Å². The van der Waals surface area contributed by atoms with Gasteiger partial charge in [-0.25, -0.2) is 9.78 Å². The molecule has 0 aliphatic carbocycles. The van der Waals surface area contributed by atoms with Crippen molar-refractivity contribution in [1.82, 2.24) is 14.9 Å². The smallest absolute Gasteiger partial charge is 0.335 e. The van der Waals surface area contributed by atoms with Gasteiger partial charge in [-0.1, -0.05) is 64.9 Å². The first-order chi connectivity index (χ1) is 16.6. The Kier molecular flexibility index (Phi) is 7.32. The lowest BCUT2D eigenvalue weighted by molar-refractivity contribution is 0.0695. The lowest BCUT2D eigenvalue weighted by Crippen LogP contribution is -2.24. The number of amides is 1. The fraction of sp³-hybridized carbons (Fsp3) is 0.208. The SMILES string of the molecule is Cc1[nH]c(C(=O)Nc2nc3c(OC(CN(C)C)c4ccccc4)cc(C(=O)O)cc3s2)c(Cl)c1Cl. The quantitative estimate of drug-likeness (QED) is 0.262. The molecule has 2 aromatic heterocycles. The van der Waals surface area contributed by atoms with Crippen LogP contribution in [0.1, 0.15) is 38.2 Å². The van der Waals surface area contributed by atoms with Gasteiger partial charge in [0.1, 0.15) is 23.1 Å². The number of ether oxygens (including phenoxy) is 1. The molecule has 0 saturated carbocycles. The van der Waals surface area contributed by atoms with Gasteiger partial charge >= 0.3 is 5.97 Å². The van der Waals surface area contributed by atoms with Crippen molar-refractivity contribution in [3.05, 3.63) is 75.0 Å². The number of H-pyrrole nitrogens is 1. The van der Waals surface area contributed by atoms with E-state index < -0.39 is 11.9 Å². The zero-order valence-electron chi connectivity index (χ0n) is 19.1. The number of hydrogen-bond acceptors (Lipinski definition) is 6. The number of aryl methyl sites for hydroxylation is 1. The summed E-state index contributed by atoms with van der Waals surface area (Å²) in [7, 11) is 3.86. The Morgan fingerprint density at radius 2 is 1.91 bits per heavy atom. The van der Waals surface area contributed by atoms with Crippen molar-refractivity contribution >= 4 is 61.8 Å². The molecular formula is C24H22Cl2N4O4S. The van der Waals surface area contributed by atoms with Crippen LogP contribution in [0, 0.1) is 6.92 Å². The molecular weight excluding hydrogens is 511 g/mol. The number of hydrogen-bond donors (Lipinski definition) is 3. The molecule has 2 heterocycles. The third-order valence-electron chi connectivity index (χ3n) is 5.18. The van der Waals surface area contributed by atoms with Gasteiger partial charge in [0.2, 0.25) is 0 Å². The molecule has 1 unspecified atom stereocenters. The van der Waals surface area contributed by atoms with E-state index in [9.17, 15) is 14.7 Å². The topological polar surface area (TPSA) is 108 Å². The van der Waals surface area contributed by atoms with E-state index in [1.807, 2.05) is 49.3 Å². The van der Waals surface area contributed by atoms with E-state index in [2.05, 4.69) is 15.3 Å². The Balaban J connectivity index is 1.72. The number of anilines is 1. The molecule has 182 valence electrons.